The number of carbonyl (C=O) groups is 2. The number of carbonyl (C=O) groups excluding carboxylic acids is 2. The number of hydrogen-bond acceptors (Lipinski definition) is 5. The largest absolute Gasteiger partial charge is 0.466 e. The molecule has 1 fully saturated rings. The van der Waals surface area contributed by atoms with Gasteiger partial charge >= 0.3 is 12.1 Å². The fourth-order valence-electron chi connectivity index (χ4n) is 5.86. The fourth-order valence-corrected chi connectivity index (χ4v) is 11.5. The lowest BCUT2D eigenvalue weighted by atomic mass is 9.91. The van der Waals surface area contributed by atoms with Crippen molar-refractivity contribution in [2.24, 2.45) is 0 Å². The molecule has 1 aliphatic heterocycles. The highest BCUT2D eigenvalue weighted by atomic mass is 28.4. The summed E-state index contributed by atoms with van der Waals surface area (Å²) in [4.78, 5) is 26.5. The zero-order chi connectivity index (χ0) is 27.3. The molecule has 0 aromatic heterocycles. The molecule has 0 aromatic carbocycles. The summed E-state index contributed by atoms with van der Waals surface area (Å²) in [6.07, 6.45) is 9.74. The van der Waals surface area contributed by atoms with Gasteiger partial charge < -0.3 is 13.9 Å². The third kappa shape index (κ3) is 8.93. The molecule has 0 aromatic rings. The van der Waals surface area contributed by atoms with Crippen molar-refractivity contribution in [3.63, 3.8) is 0 Å². The number of likely N-dealkylation sites (tertiary alicyclic amines) is 1. The minimum absolute atomic E-state index is 0.0158. The van der Waals surface area contributed by atoms with E-state index in [1.807, 2.05) is 11.0 Å². The van der Waals surface area contributed by atoms with E-state index in [9.17, 15) is 9.59 Å². The first-order valence-corrected chi connectivity index (χ1v) is 16.0. The standard InChI is InChI=1S/C29H51NO5Si/c1-10-21-34-29(32)30-25(9)27(35-36(22(3)4,23(5)6)24(7)8)20-19-26(30)17-15-13-12-14-16-18-28(31)33-11-2/h10,12,16,22-27H,1,11,13,15,17-21H2,2-9H3/t14?,25-,26-,27+/m0/s1. The highest BCUT2D eigenvalue weighted by Gasteiger charge is 2.49. The summed E-state index contributed by atoms with van der Waals surface area (Å²) >= 11 is 0. The second kappa shape index (κ2) is 16.1. The van der Waals surface area contributed by atoms with E-state index < -0.39 is 8.32 Å². The van der Waals surface area contributed by atoms with Crippen LogP contribution < -0.4 is 0 Å². The predicted octanol–water partition coefficient (Wildman–Crippen LogP) is 7.56. The average Bonchev–Trinajstić information content (AvgIpc) is 2.80. The van der Waals surface area contributed by atoms with Crippen molar-refractivity contribution in [1.29, 1.82) is 0 Å². The van der Waals surface area contributed by atoms with Crippen molar-refractivity contribution in [3.05, 3.63) is 30.5 Å². The molecule has 0 spiro atoms. The SMILES string of the molecule is C=CCOC(=O)N1[C@@H](CCCC=C=CCC(=O)OCC)CC[C@@H](O[Si](C(C)C)(C(C)C)C(C)C)[C@@H]1C. The highest BCUT2D eigenvalue weighted by Crippen LogP contribution is 2.45. The molecule has 1 heterocycles. The van der Waals surface area contributed by atoms with Gasteiger partial charge in [-0.25, -0.2) is 4.79 Å². The van der Waals surface area contributed by atoms with Crippen LogP contribution in [0.4, 0.5) is 4.79 Å². The van der Waals surface area contributed by atoms with Crippen LogP contribution in [0.1, 0.15) is 93.9 Å². The lowest BCUT2D eigenvalue weighted by Gasteiger charge is -2.50. The summed E-state index contributed by atoms with van der Waals surface area (Å²) in [6.45, 7) is 22.0. The van der Waals surface area contributed by atoms with Crippen molar-refractivity contribution >= 4 is 20.4 Å². The maximum atomic E-state index is 13.1. The van der Waals surface area contributed by atoms with Crippen LogP contribution in [0, 0.1) is 0 Å². The van der Waals surface area contributed by atoms with Gasteiger partial charge in [0.2, 0.25) is 8.32 Å². The summed E-state index contributed by atoms with van der Waals surface area (Å²) < 4.78 is 17.5. The van der Waals surface area contributed by atoms with Gasteiger partial charge in [-0.05, 0) is 74.7 Å². The zero-order valence-electron chi connectivity index (χ0n) is 24.0. The van der Waals surface area contributed by atoms with E-state index >= 15 is 0 Å². The lowest BCUT2D eigenvalue weighted by Crippen LogP contribution is -2.60. The van der Waals surface area contributed by atoms with Crippen molar-refractivity contribution < 1.29 is 23.5 Å². The Labute approximate surface area is 221 Å². The Balaban J connectivity index is 2.93. The number of esters is 1. The number of piperidine rings is 1. The molecular weight excluding hydrogens is 470 g/mol. The van der Waals surface area contributed by atoms with Gasteiger partial charge in [-0.3, -0.25) is 9.69 Å². The number of ether oxygens (including phenoxy) is 2. The van der Waals surface area contributed by atoms with E-state index in [1.54, 1.807) is 19.1 Å². The van der Waals surface area contributed by atoms with Crippen LogP contribution in [-0.4, -0.2) is 56.7 Å². The molecule has 0 bridgehead atoms. The van der Waals surface area contributed by atoms with Crippen LogP contribution in [-0.2, 0) is 18.7 Å². The summed E-state index contributed by atoms with van der Waals surface area (Å²) in [5.41, 5.74) is 4.54. The Morgan fingerprint density at radius 3 is 2.25 bits per heavy atom. The molecule has 1 aliphatic rings. The third-order valence-corrected chi connectivity index (χ3v) is 13.6. The van der Waals surface area contributed by atoms with Crippen LogP contribution in [0.2, 0.25) is 16.6 Å². The van der Waals surface area contributed by atoms with Crippen LogP contribution >= 0.6 is 0 Å². The molecule has 1 saturated heterocycles. The highest BCUT2D eigenvalue weighted by molar-refractivity contribution is 6.77. The fraction of sp³-hybridized carbons (Fsp3) is 0.759. The number of amides is 1. The van der Waals surface area contributed by atoms with Crippen molar-refractivity contribution in [1.82, 2.24) is 4.90 Å². The van der Waals surface area contributed by atoms with Crippen LogP contribution in [0.5, 0.6) is 0 Å². The first-order valence-electron chi connectivity index (χ1n) is 13.8. The quantitative estimate of drug-likeness (QED) is 0.0776. The van der Waals surface area contributed by atoms with E-state index in [0.717, 1.165) is 32.1 Å². The van der Waals surface area contributed by atoms with Gasteiger partial charge in [0.05, 0.1) is 25.2 Å². The Morgan fingerprint density at radius 1 is 1.06 bits per heavy atom. The maximum Gasteiger partial charge on any atom is 0.410 e. The minimum atomic E-state index is -2.07. The predicted molar refractivity (Wildman–Crippen MR) is 150 cm³/mol. The molecule has 0 saturated carbocycles. The van der Waals surface area contributed by atoms with Gasteiger partial charge in [0.25, 0.3) is 0 Å². The number of unbranched alkanes of at least 4 members (excludes halogenated alkanes) is 1. The van der Waals surface area contributed by atoms with Crippen molar-refractivity contribution in [2.45, 2.75) is 129 Å². The monoisotopic (exact) mass is 521 g/mol. The van der Waals surface area contributed by atoms with Crippen LogP contribution in [0.25, 0.3) is 0 Å². The molecule has 36 heavy (non-hydrogen) atoms. The summed E-state index contributed by atoms with van der Waals surface area (Å²) in [5.74, 6) is -0.237. The molecule has 7 heteroatoms. The molecule has 1 amide bonds. The molecule has 0 N–H and O–H groups in total. The van der Waals surface area contributed by atoms with Crippen molar-refractivity contribution in [2.75, 3.05) is 13.2 Å². The van der Waals surface area contributed by atoms with Gasteiger partial charge in [0.15, 0.2) is 0 Å². The lowest BCUT2D eigenvalue weighted by molar-refractivity contribution is -0.142. The van der Waals surface area contributed by atoms with Gasteiger partial charge in [-0.2, -0.15) is 0 Å². The van der Waals surface area contributed by atoms with E-state index in [2.05, 4.69) is 60.8 Å². The van der Waals surface area contributed by atoms with Gasteiger partial charge in [0.1, 0.15) is 6.61 Å². The van der Waals surface area contributed by atoms with E-state index in [-0.39, 0.29) is 43.3 Å². The summed E-state index contributed by atoms with van der Waals surface area (Å²) in [7, 11) is -2.07. The summed E-state index contributed by atoms with van der Waals surface area (Å²) in [5, 5.41) is 0. The molecule has 6 nitrogen and oxygen atoms in total. The Bertz CT molecular complexity index is 735. The van der Waals surface area contributed by atoms with Gasteiger partial charge in [-0.1, -0.05) is 54.2 Å². The molecule has 1 rings (SSSR count). The van der Waals surface area contributed by atoms with Crippen molar-refractivity contribution in [3.8, 4) is 0 Å². The molecule has 3 atom stereocenters. The maximum absolute atomic E-state index is 13.1. The zero-order valence-corrected chi connectivity index (χ0v) is 25.0. The minimum Gasteiger partial charge on any atom is -0.466 e. The summed E-state index contributed by atoms with van der Waals surface area (Å²) in [6, 6.07) is 0.0616. The van der Waals surface area contributed by atoms with Gasteiger partial charge in [-0.15, -0.1) is 5.73 Å². The third-order valence-electron chi connectivity index (χ3n) is 7.45. The smallest absolute Gasteiger partial charge is 0.410 e. The van der Waals surface area contributed by atoms with Crippen LogP contribution in [0.15, 0.2) is 30.5 Å². The average molecular weight is 522 g/mol. The molecule has 0 radical (unpaired) electrons. The first-order chi connectivity index (χ1) is 17.0. The van der Waals surface area contributed by atoms with Crippen LogP contribution in [0.3, 0.4) is 0 Å². The molecular formula is C29H51NO5Si. The Kier molecular flexibility index (Phi) is 14.4. The molecule has 0 unspecified atom stereocenters. The van der Waals surface area contributed by atoms with E-state index in [1.165, 1.54) is 0 Å². The second-order valence-electron chi connectivity index (χ2n) is 10.7. The van der Waals surface area contributed by atoms with E-state index in [0.29, 0.717) is 23.2 Å². The Morgan fingerprint density at radius 2 is 1.69 bits per heavy atom. The van der Waals surface area contributed by atoms with E-state index in [4.69, 9.17) is 13.9 Å². The van der Waals surface area contributed by atoms with Gasteiger partial charge in [0, 0.05) is 6.04 Å². The molecule has 206 valence electrons. The number of nitrogens with zero attached hydrogens (tertiary/aromatic N) is 1. The Hall–Kier alpha value is -1.82. The topological polar surface area (TPSA) is 65.1 Å². The normalized spacial score (nSPS) is 20.3. The first kappa shape index (κ1) is 32.2. The number of hydrogen-bond donors (Lipinski definition) is 0. The number of rotatable bonds is 14. The molecule has 0 aliphatic carbocycles. The second-order valence-corrected chi connectivity index (χ2v) is 16.1.